The zero-order chi connectivity index (χ0) is 31.1. The molecule has 0 aliphatic carbocycles. The van der Waals surface area contributed by atoms with E-state index in [2.05, 4.69) is 16.3 Å². The van der Waals surface area contributed by atoms with Crippen LogP contribution >= 0.6 is 0 Å². The highest BCUT2D eigenvalue weighted by Crippen LogP contribution is 2.37. The van der Waals surface area contributed by atoms with E-state index in [0.717, 1.165) is 61.0 Å². The third-order valence-electron chi connectivity index (χ3n) is 7.96. The molecule has 228 valence electrons. The van der Waals surface area contributed by atoms with Crippen molar-refractivity contribution in [2.45, 2.75) is 58.7 Å². The van der Waals surface area contributed by atoms with Gasteiger partial charge < -0.3 is 10.2 Å². The van der Waals surface area contributed by atoms with Crippen molar-refractivity contribution in [1.82, 2.24) is 15.1 Å². The summed E-state index contributed by atoms with van der Waals surface area (Å²) >= 11 is 0. The van der Waals surface area contributed by atoms with E-state index in [0.29, 0.717) is 44.1 Å². The SMILES string of the molecule is CC1=C(CCCCCCN2CCN(C(=O)NCc3cccc(C)c3)CC2)C(=O)N(c2ccc(C#N)c(C(F)(F)F)c2)C1=O. The first kappa shape index (κ1) is 31.8. The van der Waals surface area contributed by atoms with Gasteiger partial charge in [-0.05, 0) is 63.4 Å². The number of carbonyl (C=O) groups is 3. The minimum atomic E-state index is -4.79. The molecule has 0 atom stereocenters. The molecule has 2 aromatic carbocycles. The summed E-state index contributed by atoms with van der Waals surface area (Å²) in [5, 5.41) is 12.0. The fourth-order valence-corrected chi connectivity index (χ4v) is 5.49. The molecular formula is C32H36F3N5O3. The van der Waals surface area contributed by atoms with E-state index in [1.165, 1.54) is 19.1 Å². The lowest BCUT2D eigenvalue weighted by atomic mass is 10.0. The Morgan fingerprint density at radius 1 is 0.953 bits per heavy atom. The molecule has 2 heterocycles. The topological polar surface area (TPSA) is 96.8 Å². The predicted octanol–water partition coefficient (Wildman–Crippen LogP) is 5.55. The molecule has 1 fully saturated rings. The van der Waals surface area contributed by atoms with Gasteiger partial charge in [0.15, 0.2) is 0 Å². The standard InChI is InChI=1S/C32H36F3N5O3/c1-22-8-7-9-24(18-22)21-37-31(43)39-16-14-38(15-17-39)13-6-4-3-5-10-27-23(2)29(41)40(30(27)42)26-12-11-25(20-36)28(19-26)32(33,34)35/h7-9,11-12,18-19H,3-6,10,13-17,21H2,1-2H3,(H,37,43). The number of alkyl halides is 3. The van der Waals surface area contributed by atoms with Gasteiger partial charge in [0.1, 0.15) is 0 Å². The zero-order valence-electron chi connectivity index (χ0n) is 24.5. The normalized spacial score (nSPS) is 16.2. The number of imide groups is 1. The van der Waals surface area contributed by atoms with Gasteiger partial charge in [-0.2, -0.15) is 18.4 Å². The van der Waals surface area contributed by atoms with Gasteiger partial charge in [-0.25, -0.2) is 9.69 Å². The number of unbranched alkanes of at least 4 members (excludes halogenated alkanes) is 3. The molecule has 2 aliphatic heterocycles. The molecule has 43 heavy (non-hydrogen) atoms. The fourth-order valence-electron chi connectivity index (χ4n) is 5.49. The van der Waals surface area contributed by atoms with E-state index < -0.39 is 29.1 Å². The van der Waals surface area contributed by atoms with Crippen LogP contribution in [0.4, 0.5) is 23.7 Å². The zero-order valence-corrected chi connectivity index (χ0v) is 24.5. The van der Waals surface area contributed by atoms with Crippen molar-refractivity contribution in [3.63, 3.8) is 0 Å². The Hall–Kier alpha value is -4.17. The molecule has 0 saturated carbocycles. The summed E-state index contributed by atoms with van der Waals surface area (Å²) in [5.41, 5.74) is 0.851. The number of hydrogen-bond donors (Lipinski definition) is 1. The molecule has 4 rings (SSSR count). The van der Waals surface area contributed by atoms with Crippen LogP contribution in [0.3, 0.4) is 0 Å². The lowest BCUT2D eigenvalue weighted by Crippen LogP contribution is -2.51. The second kappa shape index (κ2) is 13.9. The molecule has 4 amide bonds. The maximum absolute atomic E-state index is 13.4. The number of rotatable bonds is 10. The summed E-state index contributed by atoms with van der Waals surface area (Å²) in [4.78, 5) is 43.3. The van der Waals surface area contributed by atoms with Crippen molar-refractivity contribution < 1.29 is 27.6 Å². The Labute approximate surface area is 249 Å². The van der Waals surface area contributed by atoms with Crippen LogP contribution in [-0.4, -0.2) is 60.4 Å². The number of nitriles is 1. The molecule has 1 N–H and O–H groups in total. The third kappa shape index (κ3) is 7.82. The van der Waals surface area contributed by atoms with Crippen LogP contribution in [0.25, 0.3) is 0 Å². The van der Waals surface area contributed by atoms with Gasteiger partial charge in [0, 0.05) is 43.9 Å². The van der Waals surface area contributed by atoms with E-state index in [1.807, 2.05) is 30.0 Å². The van der Waals surface area contributed by atoms with E-state index in [-0.39, 0.29) is 17.3 Å². The predicted molar refractivity (Wildman–Crippen MR) is 156 cm³/mol. The van der Waals surface area contributed by atoms with Gasteiger partial charge in [0.05, 0.1) is 22.9 Å². The van der Waals surface area contributed by atoms with E-state index in [9.17, 15) is 27.6 Å². The fraction of sp³-hybridized carbons (Fsp3) is 0.438. The summed E-state index contributed by atoms with van der Waals surface area (Å²) in [5.74, 6) is -1.25. The van der Waals surface area contributed by atoms with Gasteiger partial charge in [-0.3, -0.25) is 14.5 Å². The number of urea groups is 1. The first-order valence-corrected chi connectivity index (χ1v) is 14.5. The van der Waals surface area contributed by atoms with Crippen LogP contribution in [0.2, 0.25) is 0 Å². The van der Waals surface area contributed by atoms with Gasteiger partial charge in [-0.15, -0.1) is 0 Å². The van der Waals surface area contributed by atoms with Crippen molar-refractivity contribution >= 4 is 23.5 Å². The number of benzene rings is 2. The minimum absolute atomic E-state index is 0.0516. The quantitative estimate of drug-likeness (QED) is 0.287. The maximum Gasteiger partial charge on any atom is 0.417 e. The number of anilines is 1. The van der Waals surface area contributed by atoms with Gasteiger partial charge in [0.25, 0.3) is 11.8 Å². The molecule has 0 unspecified atom stereocenters. The highest BCUT2D eigenvalue weighted by molar-refractivity contribution is 6.32. The molecule has 0 bridgehead atoms. The number of halogens is 3. The summed E-state index contributed by atoms with van der Waals surface area (Å²) in [7, 11) is 0. The molecular weight excluding hydrogens is 559 g/mol. The van der Waals surface area contributed by atoms with Gasteiger partial charge >= 0.3 is 12.2 Å². The largest absolute Gasteiger partial charge is 0.417 e. The van der Waals surface area contributed by atoms with Crippen molar-refractivity contribution in [1.29, 1.82) is 5.26 Å². The average Bonchev–Trinajstić information content (AvgIpc) is 3.19. The van der Waals surface area contributed by atoms with Crippen LogP contribution in [0.1, 0.15) is 61.3 Å². The summed E-state index contributed by atoms with van der Waals surface area (Å²) in [6.07, 6.45) is -1.01. The monoisotopic (exact) mass is 595 g/mol. The maximum atomic E-state index is 13.4. The van der Waals surface area contributed by atoms with Crippen LogP contribution in [-0.2, 0) is 22.3 Å². The molecule has 0 aromatic heterocycles. The molecule has 0 radical (unpaired) electrons. The van der Waals surface area contributed by atoms with Crippen LogP contribution in [0.15, 0.2) is 53.6 Å². The average molecular weight is 596 g/mol. The lowest BCUT2D eigenvalue weighted by Gasteiger charge is -2.34. The van der Waals surface area contributed by atoms with Crippen molar-refractivity contribution in [3.8, 4) is 6.07 Å². The van der Waals surface area contributed by atoms with E-state index in [1.54, 1.807) is 0 Å². The number of carbonyl (C=O) groups excluding carboxylic acids is 3. The molecule has 8 nitrogen and oxygen atoms in total. The van der Waals surface area contributed by atoms with Crippen molar-refractivity contribution in [2.75, 3.05) is 37.6 Å². The number of amides is 4. The number of nitrogens with one attached hydrogen (secondary N) is 1. The number of aryl methyl sites for hydroxylation is 1. The smallest absolute Gasteiger partial charge is 0.334 e. The Balaban J connectivity index is 1.16. The first-order chi connectivity index (χ1) is 20.5. The van der Waals surface area contributed by atoms with Crippen LogP contribution < -0.4 is 10.2 Å². The Morgan fingerprint density at radius 3 is 2.35 bits per heavy atom. The number of piperazine rings is 1. The second-order valence-corrected chi connectivity index (χ2v) is 11.0. The van der Waals surface area contributed by atoms with Crippen molar-refractivity contribution in [3.05, 3.63) is 75.9 Å². The van der Waals surface area contributed by atoms with Crippen LogP contribution in [0, 0.1) is 18.3 Å². The lowest BCUT2D eigenvalue weighted by molar-refractivity contribution is -0.138. The van der Waals surface area contributed by atoms with Gasteiger partial charge in [0.2, 0.25) is 0 Å². The molecule has 0 spiro atoms. The highest BCUT2D eigenvalue weighted by atomic mass is 19.4. The molecule has 11 heteroatoms. The van der Waals surface area contributed by atoms with Crippen molar-refractivity contribution in [2.24, 2.45) is 0 Å². The van der Waals surface area contributed by atoms with E-state index in [4.69, 9.17) is 5.26 Å². The Kier molecular flexibility index (Phi) is 10.2. The number of hydrogen-bond acceptors (Lipinski definition) is 5. The third-order valence-corrected chi connectivity index (χ3v) is 7.96. The summed E-state index contributed by atoms with van der Waals surface area (Å²) in [6.45, 7) is 7.91. The minimum Gasteiger partial charge on any atom is -0.334 e. The molecule has 2 aromatic rings. The molecule has 2 aliphatic rings. The second-order valence-electron chi connectivity index (χ2n) is 11.0. The van der Waals surface area contributed by atoms with Crippen LogP contribution in [0.5, 0.6) is 0 Å². The van der Waals surface area contributed by atoms with E-state index >= 15 is 0 Å². The molecule has 1 saturated heterocycles. The highest BCUT2D eigenvalue weighted by Gasteiger charge is 2.39. The Morgan fingerprint density at radius 2 is 1.67 bits per heavy atom. The summed E-state index contributed by atoms with van der Waals surface area (Å²) in [6, 6.07) is 12.4. The Bertz CT molecular complexity index is 1440. The summed E-state index contributed by atoms with van der Waals surface area (Å²) < 4.78 is 40.2. The van der Waals surface area contributed by atoms with Gasteiger partial charge in [-0.1, -0.05) is 42.7 Å². The number of nitrogens with zero attached hydrogens (tertiary/aromatic N) is 4. The first-order valence-electron chi connectivity index (χ1n) is 14.5.